The van der Waals surface area contributed by atoms with Crippen molar-refractivity contribution in [2.24, 2.45) is 17.3 Å². The summed E-state index contributed by atoms with van der Waals surface area (Å²) in [7, 11) is 1.35. The second-order valence-electron chi connectivity index (χ2n) is 6.73. The molecule has 0 radical (unpaired) electrons. The number of carbonyl (C=O) groups excluding carboxylic acids is 2. The summed E-state index contributed by atoms with van der Waals surface area (Å²) in [6.07, 6.45) is 0. The average molecular weight is 414 g/mol. The molecule has 4 nitrogen and oxygen atoms in total. The number of rotatable bonds is 4. The molecular weight excluding hydrogens is 392 g/mol. The van der Waals surface area contributed by atoms with Crippen molar-refractivity contribution >= 4 is 43.8 Å². The minimum atomic E-state index is -0.502. The molecule has 1 rings (SSSR count). The Bertz CT molecular complexity index is 400. The van der Waals surface area contributed by atoms with E-state index in [9.17, 15) is 9.59 Å². The molecule has 4 atom stereocenters. The van der Waals surface area contributed by atoms with E-state index in [1.807, 2.05) is 34.6 Å². The molecular formula is C14H22Br2O4. The largest absolute Gasteiger partial charge is 0.468 e. The molecule has 2 unspecified atom stereocenters. The highest BCUT2D eigenvalue weighted by Crippen LogP contribution is 2.63. The van der Waals surface area contributed by atoms with Crippen LogP contribution in [0.5, 0.6) is 0 Å². The maximum Gasteiger partial charge on any atom is 0.320 e. The lowest BCUT2D eigenvalue weighted by Gasteiger charge is -2.20. The van der Waals surface area contributed by atoms with Crippen LogP contribution in [0.25, 0.3) is 0 Å². The first-order chi connectivity index (χ1) is 8.93. The van der Waals surface area contributed by atoms with Gasteiger partial charge in [0, 0.05) is 4.83 Å². The van der Waals surface area contributed by atoms with E-state index in [-0.39, 0.29) is 34.0 Å². The fourth-order valence-electron chi connectivity index (χ4n) is 2.51. The molecule has 1 aliphatic rings. The van der Waals surface area contributed by atoms with E-state index in [2.05, 4.69) is 31.9 Å². The summed E-state index contributed by atoms with van der Waals surface area (Å²) in [5.41, 5.74) is -0.700. The van der Waals surface area contributed by atoms with E-state index in [1.54, 1.807) is 0 Å². The van der Waals surface area contributed by atoms with Crippen LogP contribution in [0.3, 0.4) is 0 Å². The van der Waals surface area contributed by atoms with Crippen molar-refractivity contribution in [1.29, 1.82) is 0 Å². The van der Waals surface area contributed by atoms with Crippen molar-refractivity contribution in [2.75, 3.05) is 7.11 Å². The molecule has 1 fully saturated rings. The Kier molecular flexibility index (Phi) is 5.34. The van der Waals surface area contributed by atoms with Gasteiger partial charge in [0.2, 0.25) is 0 Å². The number of hydrogen-bond acceptors (Lipinski definition) is 4. The van der Waals surface area contributed by atoms with Crippen molar-refractivity contribution in [3.63, 3.8) is 0 Å². The fraction of sp³-hybridized carbons (Fsp3) is 0.857. The van der Waals surface area contributed by atoms with Crippen molar-refractivity contribution in [1.82, 2.24) is 0 Å². The summed E-state index contributed by atoms with van der Waals surface area (Å²) in [6.45, 7) is 9.57. The smallest absolute Gasteiger partial charge is 0.320 e. The van der Waals surface area contributed by atoms with E-state index >= 15 is 0 Å². The quantitative estimate of drug-likeness (QED) is 0.524. The zero-order valence-electron chi connectivity index (χ0n) is 12.7. The van der Waals surface area contributed by atoms with Crippen LogP contribution in [0.2, 0.25) is 0 Å². The molecule has 1 aliphatic carbocycles. The predicted molar refractivity (Wildman–Crippen MR) is 84.1 cm³/mol. The summed E-state index contributed by atoms with van der Waals surface area (Å²) >= 11 is 6.85. The van der Waals surface area contributed by atoms with Crippen molar-refractivity contribution < 1.29 is 19.1 Å². The topological polar surface area (TPSA) is 52.6 Å². The van der Waals surface area contributed by atoms with Crippen molar-refractivity contribution in [2.45, 2.75) is 49.9 Å². The zero-order chi connectivity index (χ0) is 15.9. The van der Waals surface area contributed by atoms with Crippen LogP contribution in [0, 0.1) is 17.3 Å². The third kappa shape index (κ3) is 3.75. The monoisotopic (exact) mass is 412 g/mol. The molecule has 0 aromatic rings. The molecule has 0 bridgehead atoms. The molecule has 0 aromatic heterocycles. The van der Waals surface area contributed by atoms with Crippen LogP contribution in [-0.4, -0.2) is 34.3 Å². The van der Waals surface area contributed by atoms with Crippen LogP contribution < -0.4 is 0 Å². The van der Waals surface area contributed by atoms with Crippen LogP contribution in [-0.2, 0) is 19.1 Å². The van der Waals surface area contributed by atoms with Gasteiger partial charge in [0.25, 0.3) is 0 Å². The van der Waals surface area contributed by atoms with Crippen LogP contribution in [0.4, 0.5) is 0 Å². The minimum Gasteiger partial charge on any atom is -0.468 e. The third-order valence-corrected chi connectivity index (χ3v) is 6.37. The predicted octanol–water partition coefficient (Wildman–Crippen LogP) is 3.30. The van der Waals surface area contributed by atoms with E-state index in [0.717, 1.165) is 0 Å². The minimum absolute atomic E-state index is 0.0285. The Morgan fingerprint density at radius 2 is 1.70 bits per heavy atom. The summed E-state index contributed by atoms with van der Waals surface area (Å²) in [5, 5.41) is 0. The van der Waals surface area contributed by atoms with Crippen LogP contribution in [0.1, 0.15) is 34.6 Å². The van der Waals surface area contributed by atoms with E-state index in [1.165, 1.54) is 7.11 Å². The summed E-state index contributed by atoms with van der Waals surface area (Å²) < 4.78 is 10.2. The number of hydrogen-bond donors (Lipinski definition) is 0. The van der Waals surface area contributed by atoms with Gasteiger partial charge in [0.15, 0.2) is 0 Å². The highest BCUT2D eigenvalue weighted by molar-refractivity contribution is 9.12. The van der Waals surface area contributed by atoms with Gasteiger partial charge in [-0.25, -0.2) is 0 Å². The molecule has 20 heavy (non-hydrogen) atoms. The van der Waals surface area contributed by atoms with Gasteiger partial charge in [-0.2, -0.15) is 0 Å². The standard InChI is InChI=1S/C14H22Br2O4/c1-13(2,3)20-11(17)8-7(14(8,4)5)9(15)10(16)12(18)19-6/h7-10H,1-6H3/t7-,8+,9?,10?/m1/s1. The SMILES string of the molecule is COC(=O)C(Br)C(Br)[C@H]1[C@@H](C(=O)OC(C)(C)C)C1(C)C. The second kappa shape index (κ2) is 5.95. The van der Waals surface area contributed by atoms with E-state index in [4.69, 9.17) is 9.47 Å². The number of methoxy groups -OCH3 is 1. The molecule has 0 amide bonds. The molecule has 6 heteroatoms. The van der Waals surface area contributed by atoms with Crippen molar-refractivity contribution in [3.8, 4) is 0 Å². The third-order valence-electron chi connectivity index (χ3n) is 3.62. The number of esters is 2. The number of ether oxygens (including phenoxy) is 2. The zero-order valence-corrected chi connectivity index (χ0v) is 15.9. The Labute approximate surface area is 137 Å². The molecule has 1 saturated carbocycles. The van der Waals surface area contributed by atoms with E-state index in [0.29, 0.717) is 0 Å². The van der Waals surface area contributed by atoms with E-state index < -0.39 is 10.4 Å². The lowest BCUT2D eigenvalue weighted by molar-refractivity contribution is -0.157. The molecule has 0 N–H and O–H groups in total. The highest BCUT2D eigenvalue weighted by Gasteiger charge is 2.66. The maximum absolute atomic E-state index is 12.2. The average Bonchev–Trinajstić information content (AvgIpc) is 2.87. The summed E-state index contributed by atoms with van der Waals surface area (Å²) in [5.74, 6) is -0.740. The van der Waals surface area contributed by atoms with Crippen LogP contribution in [0.15, 0.2) is 0 Å². The lowest BCUT2D eigenvalue weighted by Crippen LogP contribution is -2.30. The van der Waals surface area contributed by atoms with Gasteiger partial charge < -0.3 is 9.47 Å². The van der Waals surface area contributed by atoms with Gasteiger partial charge in [-0.15, -0.1) is 0 Å². The Hall–Kier alpha value is -0.100. The first-order valence-electron chi connectivity index (χ1n) is 6.52. The second-order valence-corrected chi connectivity index (χ2v) is 8.77. The molecule has 116 valence electrons. The first-order valence-corrected chi connectivity index (χ1v) is 8.35. The summed E-state index contributed by atoms with van der Waals surface area (Å²) in [4.78, 5) is 23.2. The Morgan fingerprint density at radius 3 is 2.10 bits per heavy atom. The lowest BCUT2D eigenvalue weighted by atomic mass is 10.1. The van der Waals surface area contributed by atoms with Gasteiger partial charge >= 0.3 is 11.9 Å². The van der Waals surface area contributed by atoms with Gasteiger partial charge in [0.1, 0.15) is 10.4 Å². The fourth-order valence-corrected chi connectivity index (χ4v) is 4.23. The molecule has 0 spiro atoms. The highest BCUT2D eigenvalue weighted by atomic mass is 79.9. The molecule has 0 aromatic carbocycles. The van der Waals surface area contributed by atoms with Crippen molar-refractivity contribution in [3.05, 3.63) is 0 Å². The number of halogens is 2. The number of carbonyl (C=O) groups is 2. The molecule has 0 saturated heterocycles. The summed E-state index contributed by atoms with van der Waals surface area (Å²) in [6, 6.07) is 0. The number of alkyl halides is 2. The van der Waals surface area contributed by atoms with Gasteiger partial charge in [0.05, 0.1) is 13.0 Å². The normalized spacial score (nSPS) is 27.4. The Morgan fingerprint density at radius 1 is 1.20 bits per heavy atom. The first kappa shape index (κ1) is 18.0. The molecule has 0 aliphatic heterocycles. The van der Waals surface area contributed by atoms with Gasteiger partial charge in [-0.1, -0.05) is 45.7 Å². The van der Waals surface area contributed by atoms with Crippen LogP contribution >= 0.6 is 31.9 Å². The Balaban J connectivity index is 2.78. The van der Waals surface area contributed by atoms with Gasteiger partial charge in [-0.05, 0) is 32.1 Å². The molecule has 0 heterocycles. The maximum atomic E-state index is 12.2. The van der Waals surface area contributed by atoms with Gasteiger partial charge in [-0.3, -0.25) is 9.59 Å².